The number of sulfonamides is 1. The number of carbonyl (C=O) groups is 1. The van der Waals surface area contributed by atoms with Crippen LogP contribution in [0.2, 0.25) is 5.02 Å². The third-order valence-electron chi connectivity index (χ3n) is 3.40. The summed E-state index contributed by atoms with van der Waals surface area (Å²) in [7, 11) is -2.52. The Morgan fingerprint density at radius 1 is 1.16 bits per heavy atom. The van der Waals surface area contributed by atoms with Crippen LogP contribution < -0.4 is 9.46 Å². The SMILES string of the molecule is COC(=O)c1cc(S(=O)(=O)NCCOc2ccc(Cl)cc2)ccc1C. The van der Waals surface area contributed by atoms with Crippen molar-refractivity contribution in [1.29, 1.82) is 0 Å². The standard InChI is InChI=1S/C17H18ClNO5S/c1-12-3-8-15(11-16(12)17(20)23-2)25(21,22)19-9-10-24-14-6-4-13(18)5-7-14/h3-8,11,19H,9-10H2,1-2H3. The minimum absolute atomic E-state index is 0.00927. The number of halogens is 1. The molecule has 134 valence electrons. The summed E-state index contributed by atoms with van der Waals surface area (Å²) in [6.07, 6.45) is 0. The van der Waals surface area contributed by atoms with Crippen LogP contribution in [0.15, 0.2) is 47.4 Å². The van der Waals surface area contributed by atoms with Gasteiger partial charge in [0.15, 0.2) is 0 Å². The molecule has 0 atom stereocenters. The number of methoxy groups -OCH3 is 1. The molecule has 0 unspecified atom stereocenters. The van der Waals surface area contributed by atoms with Gasteiger partial charge in [-0.1, -0.05) is 17.7 Å². The van der Waals surface area contributed by atoms with Crippen molar-refractivity contribution in [1.82, 2.24) is 4.72 Å². The maximum absolute atomic E-state index is 12.3. The predicted octanol–water partition coefficient (Wildman–Crippen LogP) is 2.79. The van der Waals surface area contributed by atoms with Crippen molar-refractivity contribution in [3.63, 3.8) is 0 Å². The van der Waals surface area contributed by atoms with Crippen molar-refractivity contribution in [3.8, 4) is 5.75 Å². The van der Waals surface area contributed by atoms with Crippen LogP contribution in [-0.4, -0.2) is 34.6 Å². The Balaban J connectivity index is 1.99. The second-order valence-corrected chi connectivity index (χ2v) is 7.37. The highest BCUT2D eigenvalue weighted by molar-refractivity contribution is 7.89. The Morgan fingerprint density at radius 3 is 2.48 bits per heavy atom. The molecule has 6 nitrogen and oxygen atoms in total. The molecule has 2 aromatic carbocycles. The van der Waals surface area contributed by atoms with Crippen molar-refractivity contribution in [2.45, 2.75) is 11.8 Å². The van der Waals surface area contributed by atoms with Gasteiger partial charge in [0.25, 0.3) is 0 Å². The molecule has 0 aliphatic heterocycles. The fraction of sp³-hybridized carbons (Fsp3) is 0.235. The summed E-state index contributed by atoms with van der Waals surface area (Å²) in [6.45, 7) is 1.93. The third kappa shape index (κ3) is 5.19. The van der Waals surface area contributed by atoms with Gasteiger partial charge in [0, 0.05) is 11.6 Å². The minimum Gasteiger partial charge on any atom is -0.492 e. The average molecular weight is 384 g/mol. The largest absolute Gasteiger partial charge is 0.492 e. The lowest BCUT2D eigenvalue weighted by Crippen LogP contribution is -2.28. The van der Waals surface area contributed by atoms with E-state index in [1.54, 1.807) is 37.3 Å². The highest BCUT2D eigenvalue weighted by atomic mass is 35.5. The van der Waals surface area contributed by atoms with Gasteiger partial charge in [-0.3, -0.25) is 0 Å². The minimum atomic E-state index is -3.76. The Labute approximate surface area is 151 Å². The summed E-state index contributed by atoms with van der Waals surface area (Å²) >= 11 is 5.78. The summed E-state index contributed by atoms with van der Waals surface area (Å²) in [5, 5.41) is 0.592. The van der Waals surface area contributed by atoms with E-state index in [1.165, 1.54) is 19.2 Å². The zero-order valence-electron chi connectivity index (χ0n) is 13.8. The van der Waals surface area contributed by atoms with Crippen molar-refractivity contribution in [2.24, 2.45) is 0 Å². The summed E-state index contributed by atoms with van der Waals surface area (Å²) in [4.78, 5) is 11.7. The van der Waals surface area contributed by atoms with E-state index < -0.39 is 16.0 Å². The van der Waals surface area contributed by atoms with Gasteiger partial charge in [-0.25, -0.2) is 17.9 Å². The Kier molecular flexibility index (Phi) is 6.41. The van der Waals surface area contributed by atoms with Crippen molar-refractivity contribution in [3.05, 3.63) is 58.6 Å². The molecule has 0 saturated heterocycles. The third-order valence-corrected chi connectivity index (χ3v) is 5.11. The van der Waals surface area contributed by atoms with Gasteiger partial charge in [-0.15, -0.1) is 0 Å². The number of hydrogen-bond donors (Lipinski definition) is 1. The van der Waals surface area contributed by atoms with E-state index in [1.807, 2.05) is 0 Å². The first-order valence-electron chi connectivity index (χ1n) is 7.40. The van der Waals surface area contributed by atoms with Crippen LogP contribution in [0.5, 0.6) is 5.75 Å². The lowest BCUT2D eigenvalue weighted by molar-refractivity contribution is 0.0599. The maximum Gasteiger partial charge on any atom is 0.338 e. The van der Waals surface area contributed by atoms with E-state index in [-0.39, 0.29) is 23.6 Å². The van der Waals surface area contributed by atoms with Gasteiger partial charge in [0.05, 0.1) is 17.6 Å². The molecule has 0 saturated carbocycles. The summed E-state index contributed by atoms with van der Waals surface area (Å²) < 4.78 is 37.2. The number of benzene rings is 2. The number of nitrogens with one attached hydrogen (secondary N) is 1. The van der Waals surface area contributed by atoms with Gasteiger partial charge in [-0.05, 0) is 48.9 Å². The number of hydrogen-bond acceptors (Lipinski definition) is 5. The quantitative estimate of drug-likeness (QED) is 0.587. The van der Waals surface area contributed by atoms with E-state index in [0.29, 0.717) is 16.3 Å². The van der Waals surface area contributed by atoms with E-state index in [9.17, 15) is 13.2 Å². The molecule has 0 aliphatic carbocycles. The van der Waals surface area contributed by atoms with Crippen molar-refractivity contribution >= 4 is 27.6 Å². The van der Waals surface area contributed by atoms with Gasteiger partial charge in [0.2, 0.25) is 10.0 Å². The van der Waals surface area contributed by atoms with Gasteiger partial charge in [-0.2, -0.15) is 0 Å². The van der Waals surface area contributed by atoms with Crippen molar-refractivity contribution < 1.29 is 22.7 Å². The second-order valence-electron chi connectivity index (χ2n) is 5.17. The van der Waals surface area contributed by atoms with Crippen LogP contribution in [-0.2, 0) is 14.8 Å². The van der Waals surface area contributed by atoms with E-state index in [0.717, 1.165) is 0 Å². The van der Waals surface area contributed by atoms with Gasteiger partial charge in [0.1, 0.15) is 12.4 Å². The molecular formula is C17H18ClNO5S. The normalized spacial score (nSPS) is 11.2. The van der Waals surface area contributed by atoms with Crippen LogP contribution >= 0.6 is 11.6 Å². The van der Waals surface area contributed by atoms with Crippen LogP contribution in [0.25, 0.3) is 0 Å². The van der Waals surface area contributed by atoms with E-state index >= 15 is 0 Å². The number of ether oxygens (including phenoxy) is 2. The van der Waals surface area contributed by atoms with Gasteiger partial charge < -0.3 is 9.47 Å². The molecule has 25 heavy (non-hydrogen) atoms. The smallest absolute Gasteiger partial charge is 0.338 e. The number of aryl methyl sites for hydroxylation is 1. The average Bonchev–Trinajstić information content (AvgIpc) is 2.60. The van der Waals surface area contributed by atoms with Crippen LogP contribution in [0, 0.1) is 6.92 Å². The molecule has 0 fully saturated rings. The highest BCUT2D eigenvalue weighted by Crippen LogP contribution is 2.17. The molecule has 0 heterocycles. The first-order valence-corrected chi connectivity index (χ1v) is 9.26. The lowest BCUT2D eigenvalue weighted by atomic mass is 10.1. The molecule has 1 N–H and O–H groups in total. The van der Waals surface area contributed by atoms with E-state index in [4.69, 9.17) is 16.3 Å². The second kappa shape index (κ2) is 8.33. The first kappa shape index (κ1) is 19.2. The summed E-state index contributed by atoms with van der Waals surface area (Å²) in [5.41, 5.74) is 0.847. The number of rotatable bonds is 7. The van der Waals surface area contributed by atoms with Crippen LogP contribution in [0.3, 0.4) is 0 Å². The number of esters is 1. The molecule has 0 radical (unpaired) electrons. The van der Waals surface area contributed by atoms with E-state index in [2.05, 4.69) is 9.46 Å². The highest BCUT2D eigenvalue weighted by Gasteiger charge is 2.18. The molecule has 0 aromatic heterocycles. The fourth-order valence-corrected chi connectivity index (χ4v) is 3.22. The summed E-state index contributed by atoms with van der Waals surface area (Å²) in [6, 6.07) is 11.0. The monoisotopic (exact) mass is 383 g/mol. The molecule has 0 aliphatic rings. The summed E-state index contributed by atoms with van der Waals surface area (Å²) in [5.74, 6) is 0.00698. The Bertz CT molecular complexity index is 850. The topological polar surface area (TPSA) is 81.7 Å². The van der Waals surface area contributed by atoms with Crippen LogP contribution in [0.4, 0.5) is 0 Å². The molecular weight excluding hydrogens is 366 g/mol. The zero-order valence-corrected chi connectivity index (χ0v) is 15.4. The molecule has 0 bridgehead atoms. The predicted molar refractivity (Wildman–Crippen MR) is 94.7 cm³/mol. The molecule has 0 spiro atoms. The molecule has 8 heteroatoms. The van der Waals surface area contributed by atoms with Gasteiger partial charge >= 0.3 is 5.97 Å². The first-order chi connectivity index (χ1) is 11.8. The lowest BCUT2D eigenvalue weighted by Gasteiger charge is -2.10. The fourth-order valence-electron chi connectivity index (χ4n) is 2.06. The van der Waals surface area contributed by atoms with Crippen molar-refractivity contribution in [2.75, 3.05) is 20.3 Å². The Morgan fingerprint density at radius 2 is 1.84 bits per heavy atom. The number of carbonyl (C=O) groups excluding carboxylic acids is 1. The Hall–Kier alpha value is -2.09. The molecule has 2 rings (SSSR count). The zero-order chi connectivity index (χ0) is 18.4. The maximum atomic E-state index is 12.3. The van der Waals surface area contributed by atoms with Crippen LogP contribution in [0.1, 0.15) is 15.9 Å². The molecule has 0 amide bonds. The molecule has 2 aromatic rings.